The van der Waals surface area contributed by atoms with Crippen LogP contribution in [0.2, 0.25) is 0 Å². The maximum absolute atomic E-state index is 4.15. The van der Waals surface area contributed by atoms with Crippen LogP contribution in [0.25, 0.3) is 5.57 Å². The topological polar surface area (TPSA) is 24.4 Å². The van der Waals surface area contributed by atoms with Crippen LogP contribution in [0.5, 0.6) is 0 Å². The highest BCUT2D eigenvalue weighted by atomic mass is 15.3. The Hall–Kier alpha value is -1.57. The zero-order chi connectivity index (χ0) is 11.8. The van der Waals surface area contributed by atoms with Gasteiger partial charge in [0.05, 0.1) is 6.21 Å². The van der Waals surface area contributed by atoms with Crippen LogP contribution in [-0.4, -0.2) is 13.3 Å². The van der Waals surface area contributed by atoms with Gasteiger partial charge < -0.3 is 5.43 Å². The summed E-state index contributed by atoms with van der Waals surface area (Å²) < 4.78 is 0. The summed E-state index contributed by atoms with van der Waals surface area (Å²) in [5.74, 6) is 0. The standard InChI is InChI=1S/C14H18N2/c1-10-11-7-5-6-8-12(11)14(2,3)13(10)9-16-15-4/h5-9,15H,1-4H3. The Balaban J connectivity index is 2.57. The van der Waals surface area contributed by atoms with E-state index < -0.39 is 0 Å². The fourth-order valence-corrected chi connectivity index (χ4v) is 2.50. The molecule has 0 bridgehead atoms. The molecule has 2 heteroatoms. The summed E-state index contributed by atoms with van der Waals surface area (Å²) in [4.78, 5) is 0. The second kappa shape index (κ2) is 3.78. The van der Waals surface area contributed by atoms with Gasteiger partial charge in [0.1, 0.15) is 0 Å². The van der Waals surface area contributed by atoms with Crippen LogP contribution in [0.4, 0.5) is 0 Å². The van der Waals surface area contributed by atoms with Gasteiger partial charge in [0.15, 0.2) is 0 Å². The van der Waals surface area contributed by atoms with E-state index in [4.69, 9.17) is 0 Å². The molecular formula is C14H18N2. The summed E-state index contributed by atoms with van der Waals surface area (Å²) >= 11 is 0. The fourth-order valence-electron chi connectivity index (χ4n) is 2.50. The number of allylic oxidation sites excluding steroid dienone is 2. The van der Waals surface area contributed by atoms with Gasteiger partial charge in [-0.1, -0.05) is 38.1 Å². The molecule has 0 aromatic heterocycles. The van der Waals surface area contributed by atoms with Gasteiger partial charge in [0.25, 0.3) is 0 Å². The van der Waals surface area contributed by atoms with Crippen molar-refractivity contribution in [2.24, 2.45) is 5.10 Å². The SMILES string of the molecule is CNN=CC1=C(C)c2ccccc2C1(C)C. The lowest BCUT2D eigenvalue weighted by molar-refractivity contribution is 0.663. The van der Waals surface area contributed by atoms with E-state index in [2.05, 4.69) is 55.6 Å². The summed E-state index contributed by atoms with van der Waals surface area (Å²) in [5.41, 5.74) is 8.24. The van der Waals surface area contributed by atoms with Gasteiger partial charge >= 0.3 is 0 Å². The quantitative estimate of drug-likeness (QED) is 0.594. The van der Waals surface area contributed by atoms with Crippen LogP contribution in [0.1, 0.15) is 31.9 Å². The predicted molar refractivity (Wildman–Crippen MR) is 69.6 cm³/mol. The van der Waals surface area contributed by atoms with E-state index in [1.807, 2.05) is 13.3 Å². The lowest BCUT2D eigenvalue weighted by Gasteiger charge is -2.22. The first kappa shape index (κ1) is 10.9. The number of nitrogens with one attached hydrogen (secondary N) is 1. The second-order valence-corrected chi connectivity index (χ2v) is 4.69. The number of rotatable bonds is 2. The average molecular weight is 214 g/mol. The van der Waals surface area contributed by atoms with Crippen molar-refractivity contribution in [3.05, 3.63) is 41.0 Å². The van der Waals surface area contributed by atoms with Gasteiger partial charge in [-0.3, -0.25) is 0 Å². The molecule has 16 heavy (non-hydrogen) atoms. The van der Waals surface area contributed by atoms with Crippen LogP contribution in [-0.2, 0) is 5.41 Å². The van der Waals surface area contributed by atoms with Crippen LogP contribution in [0, 0.1) is 0 Å². The normalized spacial score (nSPS) is 18.0. The Morgan fingerprint density at radius 2 is 1.94 bits per heavy atom. The Morgan fingerprint density at radius 1 is 1.25 bits per heavy atom. The van der Waals surface area contributed by atoms with E-state index in [9.17, 15) is 0 Å². The summed E-state index contributed by atoms with van der Waals surface area (Å²) in [7, 11) is 1.82. The molecule has 0 fully saturated rings. The van der Waals surface area contributed by atoms with E-state index in [0.29, 0.717) is 0 Å². The molecule has 0 heterocycles. The minimum absolute atomic E-state index is 0.0566. The third-order valence-corrected chi connectivity index (χ3v) is 3.40. The van der Waals surface area contributed by atoms with Crippen molar-refractivity contribution in [1.29, 1.82) is 0 Å². The van der Waals surface area contributed by atoms with Crippen molar-refractivity contribution in [3.63, 3.8) is 0 Å². The third kappa shape index (κ3) is 1.45. The van der Waals surface area contributed by atoms with Gasteiger partial charge in [-0.15, -0.1) is 0 Å². The molecule has 0 atom stereocenters. The molecule has 0 saturated heterocycles. The van der Waals surface area contributed by atoms with Crippen molar-refractivity contribution in [1.82, 2.24) is 5.43 Å². The van der Waals surface area contributed by atoms with Crippen LogP contribution < -0.4 is 5.43 Å². The Kier molecular flexibility index (Phi) is 2.58. The van der Waals surface area contributed by atoms with Crippen molar-refractivity contribution >= 4 is 11.8 Å². The first-order chi connectivity index (χ1) is 7.59. The summed E-state index contributed by atoms with van der Waals surface area (Å²) in [6, 6.07) is 8.59. The fraction of sp³-hybridized carbons (Fsp3) is 0.357. The first-order valence-electron chi connectivity index (χ1n) is 5.60. The molecule has 0 saturated carbocycles. The molecule has 0 radical (unpaired) electrons. The highest BCUT2D eigenvalue weighted by molar-refractivity contribution is 5.97. The molecule has 0 unspecified atom stereocenters. The zero-order valence-corrected chi connectivity index (χ0v) is 10.3. The number of benzene rings is 1. The minimum Gasteiger partial charge on any atom is -0.313 e. The van der Waals surface area contributed by atoms with Gasteiger partial charge in [0.2, 0.25) is 0 Å². The van der Waals surface area contributed by atoms with Gasteiger partial charge in [0, 0.05) is 12.5 Å². The lowest BCUT2D eigenvalue weighted by atomic mass is 9.82. The Labute approximate surface area is 97.1 Å². The molecular weight excluding hydrogens is 196 g/mol. The van der Waals surface area contributed by atoms with Gasteiger partial charge in [-0.05, 0) is 29.2 Å². The van der Waals surface area contributed by atoms with Crippen molar-refractivity contribution in [2.75, 3.05) is 7.05 Å². The first-order valence-corrected chi connectivity index (χ1v) is 5.60. The maximum Gasteiger partial charge on any atom is 0.0511 e. The molecule has 1 aliphatic rings. The highest BCUT2D eigenvalue weighted by Crippen LogP contribution is 2.44. The van der Waals surface area contributed by atoms with E-state index >= 15 is 0 Å². The molecule has 1 N–H and O–H groups in total. The Bertz CT molecular complexity index is 467. The van der Waals surface area contributed by atoms with Crippen molar-refractivity contribution < 1.29 is 0 Å². The summed E-state index contributed by atoms with van der Waals surface area (Å²) in [5, 5.41) is 4.15. The maximum atomic E-state index is 4.15. The van der Waals surface area contributed by atoms with Crippen LogP contribution in [0.15, 0.2) is 34.9 Å². The number of hydrogen-bond donors (Lipinski definition) is 1. The van der Waals surface area contributed by atoms with Crippen LogP contribution in [0.3, 0.4) is 0 Å². The van der Waals surface area contributed by atoms with E-state index in [1.165, 1.54) is 22.3 Å². The zero-order valence-electron chi connectivity index (χ0n) is 10.3. The molecule has 0 aliphatic heterocycles. The third-order valence-electron chi connectivity index (χ3n) is 3.40. The summed E-state index contributed by atoms with van der Waals surface area (Å²) in [6.45, 7) is 6.67. The number of nitrogens with zero attached hydrogens (tertiary/aromatic N) is 1. The second-order valence-electron chi connectivity index (χ2n) is 4.69. The lowest BCUT2D eigenvalue weighted by Crippen LogP contribution is -2.18. The average Bonchev–Trinajstić information content (AvgIpc) is 2.46. The molecule has 84 valence electrons. The molecule has 0 spiro atoms. The van der Waals surface area contributed by atoms with E-state index in [1.54, 1.807) is 0 Å². The monoisotopic (exact) mass is 214 g/mol. The van der Waals surface area contributed by atoms with Crippen LogP contribution >= 0.6 is 0 Å². The molecule has 0 amide bonds. The smallest absolute Gasteiger partial charge is 0.0511 e. The van der Waals surface area contributed by atoms with E-state index in [0.717, 1.165) is 0 Å². The summed E-state index contributed by atoms with van der Waals surface area (Å²) in [6.07, 6.45) is 1.94. The minimum atomic E-state index is 0.0566. The van der Waals surface area contributed by atoms with Crippen molar-refractivity contribution in [2.45, 2.75) is 26.2 Å². The van der Waals surface area contributed by atoms with Crippen molar-refractivity contribution in [3.8, 4) is 0 Å². The molecule has 1 aromatic rings. The van der Waals surface area contributed by atoms with Gasteiger partial charge in [-0.25, -0.2) is 0 Å². The molecule has 1 aliphatic carbocycles. The van der Waals surface area contributed by atoms with Gasteiger partial charge in [-0.2, -0.15) is 5.10 Å². The molecule has 1 aromatic carbocycles. The number of hydrogen-bond acceptors (Lipinski definition) is 2. The highest BCUT2D eigenvalue weighted by Gasteiger charge is 2.34. The predicted octanol–water partition coefficient (Wildman–Crippen LogP) is 2.96. The van der Waals surface area contributed by atoms with E-state index in [-0.39, 0.29) is 5.41 Å². The number of fused-ring (bicyclic) bond motifs is 1. The molecule has 2 nitrogen and oxygen atoms in total. The number of hydrazone groups is 1. The Morgan fingerprint density at radius 3 is 2.56 bits per heavy atom. The largest absolute Gasteiger partial charge is 0.313 e. The molecule has 2 rings (SSSR count).